The number of halogens is 3. The number of pyridine rings is 2. The first-order valence-electron chi connectivity index (χ1n) is 9.58. The molecule has 2 aromatic carbocycles. The summed E-state index contributed by atoms with van der Waals surface area (Å²) in [6, 6.07) is 20.9. The normalized spacial score (nSPS) is 10.9. The van der Waals surface area contributed by atoms with Crippen LogP contribution in [0.25, 0.3) is 22.2 Å². The first kappa shape index (κ1) is 23.4. The zero-order valence-corrected chi connectivity index (χ0v) is 17.0. The second-order valence-corrected chi connectivity index (χ2v) is 6.84. The van der Waals surface area contributed by atoms with E-state index in [2.05, 4.69) is 4.98 Å². The minimum atomic E-state index is -5.08. The smallest absolute Gasteiger partial charge is 0.478 e. The average Bonchev–Trinajstić information content (AvgIpc) is 2.79. The van der Waals surface area contributed by atoms with Crippen LogP contribution in [0.2, 0.25) is 0 Å². The maximum atomic E-state index is 12.2. The van der Waals surface area contributed by atoms with E-state index < -0.39 is 18.1 Å². The van der Waals surface area contributed by atoms with E-state index in [1.165, 1.54) is 0 Å². The van der Waals surface area contributed by atoms with Gasteiger partial charge in [-0.2, -0.15) is 13.2 Å². The third-order valence-electron chi connectivity index (χ3n) is 4.63. The number of hydrogen-bond donors (Lipinski definition) is 2. The molecule has 6 nitrogen and oxygen atoms in total. The highest BCUT2D eigenvalue weighted by atomic mass is 19.4. The Morgan fingerprint density at radius 1 is 0.848 bits per heavy atom. The van der Waals surface area contributed by atoms with Crippen LogP contribution >= 0.6 is 0 Å². The largest absolute Gasteiger partial charge is 0.490 e. The summed E-state index contributed by atoms with van der Waals surface area (Å²) in [5.74, 6) is -3.70. The van der Waals surface area contributed by atoms with Gasteiger partial charge >= 0.3 is 18.1 Å². The molecule has 33 heavy (non-hydrogen) atoms. The SMILES string of the molecule is O=C(O)C(F)(F)F.O=C(O)c1c(Cc2ccncc2)c(-c2ccccc2)nc2ccccc12. The van der Waals surface area contributed by atoms with E-state index in [1.807, 2.05) is 66.7 Å². The fourth-order valence-electron chi connectivity index (χ4n) is 3.21. The Morgan fingerprint density at radius 3 is 2.00 bits per heavy atom. The topological polar surface area (TPSA) is 100 Å². The molecule has 0 bridgehead atoms. The molecule has 0 fully saturated rings. The Labute approximate surface area is 186 Å². The van der Waals surface area contributed by atoms with Crippen molar-refractivity contribution in [2.24, 2.45) is 0 Å². The van der Waals surface area contributed by atoms with Crippen LogP contribution in [0, 0.1) is 0 Å². The van der Waals surface area contributed by atoms with Crippen molar-refractivity contribution in [2.45, 2.75) is 12.6 Å². The summed E-state index contributed by atoms with van der Waals surface area (Å²) in [5.41, 5.74) is 4.32. The molecule has 2 heterocycles. The molecule has 4 aromatic rings. The van der Waals surface area contributed by atoms with Crippen molar-refractivity contribution >= 4 is 22.8 Å². The highest BCUT2D eigenvalue weighted by Gasteiger charge is 2.38. The summed E-state index contributed by atoms with van der Waals surface area (Å²) >= 11 is 0. The van der Waals surface area contributed by atoms with Gasteiger partial charge in [-0.3, -0.25) is 4.98 Å². The summed E-state index contributed by atoms with van der Waals surface area (Å²) in [6.45, 7) is 0. The van der Waals surface area contributed by atoms with Gasteiger partial charge in [0.05, 0.1) is 16.8 Å². The highest BCUT2D eigenvalue weighted by Crippen LogP contribution is 2.32. The average molecular weight is 454 g/mol. The fourth-order valence-corrected chi connectivity index (χ4v) is 3.21. The van der Waals surface area contributed by atoms with E-state index in [9.17, 15) is 23.1 Å². The van der Waals surface area contributed by atoms with Crippen molar-refractivity contribution in [3.8, 4) is 11.3 Å². The number of carbonyl (C=O) groups is 2. The van der Waals surface area contributed by atoms with Crippen LogP contribution in [0.5, 0.6) is 0 Å². The monoisotopic (exact) mass is 454 g/mol. The van der Waals surface area contributed by atoms with E-state index in [-0.39, 0.29) is 0 Å². The van der Waals surface area contributed by atoms with E-state index in [4.69, 9.17) is 14.9 Å². The second-order valence-electron chi connectivity index (χ2n) is 6.84. The minimum Gasteiger partial charge on any atom is -0.478 e. The molecule has 2 N–H and O–H groups in total. The maximum absolute atomic E-state index is 12.2. The van der Waals surface area contributed by atoms with Crippen LogP contribution in [0.4, 0.5) is 13.2 Å². The van der Waals surface area contributed by atoms with E-state index in [1.54, 1.807) is 12.4 Å². The lowest BCUT2D eigenvalue weighted by molar-refractivity contribution is -0.192. The lowest BCUT2D eigenvalue weighted by atomic mass is 9.92. The van der Waals surface area contributed by atoms with Crippen molar-refractivity contribution in [1.29, 1.82) is 0 Å². The molecular formula is C24H17F3N2O4. The van der Waals surface area contributed by atoms with Gasteiger partial charge in [0.1, 0.15) is 0 Å². The lowest BCUT2D eigenvalue weighted by Crippen LogP contribution is -2.21. The second kappa shape index (κ2) is 9.90. The fraction of sp³-hybridized carbons (Fsp3) is 0.0833. The first-order valence-corrected chi connectivity index (χ1v) is 9.58. The van der Waals surface area contributed by atoms with Crippen molar-refractivity contribution in [2.75, 3.05) is 0 Å². The number of alkyl halides is 3. The Bertz CT molecular complexity index is 1280. The van der Waals surface area contributed by atoms with E-state index in [0.717, 1.165) is 11.1 Å². The van der Waals surface area contributed by atoms with Gasteiger partial charge in [-0.15, -0.1) is 0 Å². The number of nitrogens with zero attached hydrogens (tertiary/aromatic N) is 2. The number of aromatic nitrogens is 2. The van der Waals surface area contributed by atoms with Crippen molar-refractivity contribution in [3.05, 3.63) is 95.8 Å². The Morgan fingerprint density at radius 2 is 1.42 bits per heavy atom. The van der Waals surface area contributed by atoms with Crippen LogP contribution < -0.4 is 0 Å². The molecule has 2 aromatic heterocycles. The number of benzene rings is 2. The molecular weight excluding hydrogens is 437 g/mol. The number of aliphatic carboxylic acids is 1. The summed E-state index contributed by atoms with van der Waals surface area (Å²) in [7, 11) is 0. The zero-order valence-electron chi connectivity index (χ0n) is 17.0. The lowest BCUT2D eigenvalue weighted by Gasteiger charge is -2.15. The minimum absolute atomic E-state index is 0.311. The Hall–Kier alpha value is -4.27. The summed E-state index contributed by atoms with van der Waals surface area (Å²) < 4.78 is 31.7. The van der Waals surface area contributed by atoms with Gasteiger partial charge < -0.3 is 10.2 Å². The number of hydrogen-bond acceptors (Lipinski definition) is 4. The number of para-hydroxylation sites is 1. The molecule has 0 saturated carbocycles. The van der Waals surface area contributed by atoms with Crippen LogP contribution in [-0.4, -0.2) is 38.3 Å². The standard InChI is InChI=1S/C22H16N2O2.C2HF3O2/c25-22(26)20-17-8-4-5-9-19(17)24-21(16-6-2-1-3-7-16)18(20)14-15-10-12-23-13-11-15;3-2(4,5)1(6)7/h1-13H,14H2,(H,25,26);(H,6,7). The molecule has 0 aliphatic rings. The number of carboxylic acids is 2. The quantitative estimate of drug-likeness (QED) is 0.439. The van der Waals surface area contributed by atoms with Gasteiger partial charge in [-0.25, -0.2) is 14.6 Å². The number of carboxylic acid groups (broad SMARTS) is 2. The van der Waals surface area contributed by atoms with Crippen LogP contribution in [0.15, 0.2) is 79.1 Å². The molecule has 9 heteroatoms. The van der Waals surface area contributed by atoms with Crippen molar-refractivity contribution in [1.82, 2.24) is 9.97 Å². The van der Waals surface area contributed by atoms with Crippen molar-refractivity contribution < 1.29 is 33.0 Å². The molecule has 0 aliphatic carbocycles. The molecule has 0 amide bonds. The third kappa shape index (κ3) is 5.70. The number of aromatic carboxylic acids is 1. The van der Waals surface area contributed by atoms with Crippen LogP contribution in [0.3, 0.4) is 0 Å². The summed E-state index contributed by atoms with van der Waals surface area (Å²) in [5, 5.41) is 17.8. The van der Waals surface area contributed by atoms with Gasteiger partial charge in [0.15, 0.2) is 0 Å². The Balaban J connectivity index is 0.000000383. The van der Waals surface area contributed by atoms with E-state index in [0.29, 0.717) is 34.1 Å². The molecule has 0 unspecified atom stereocenters. The maximum Gasteiger partial charge on any atom is 0.490 e. The molecule has 0 spiro atoms. The molecule has 168 valence electrons. The van der Waals surface area contributed by atoms with Gasteiger partial charge in [0.25, 0.3) is 0 Å². The third-order valence-corrected chi connectivity index (χ3v) is 4.63. The van der Waals surface area contributed by atoms with Gasteiger partial charge in [0.2, 0.25) is 0 Å². The molecule has 0 radical (unpaired) electrons. The summed E-state index contributed by atoms with van der Waals surface area (Å²) in [4.78, 5) is 29.9. The van der Waals surface area contributed by atoms with E-state index >= 15 is 0 Å². The van der Waals surface area contributed by atoms with Gasteiger partial charge in [-0.1, -0.05) is 48.5 Å². The predicted octanol–water partition coefficient (Wildman–Crippen LogP) is 5.22. The van der Waals surface area contributed by atoms with Gasteiger partial charge in [-0.05, 0) is 29.3 Å². The predicted molar refractivity (Wildman–Crippen MR) is 115 cm³/mol. The molecule has 4 rings (SSSR count). The number of fused-ring (bicyclic) bond motifs is 1. The molecule has 0 atom stereocenters. The molecule has 0 saturated heterocycles. The van der Waals surface area contributed by atoms with Crippen molar-refractivity contribution in [3.63, 3.8) is 0 Å². The summed E-state index contributed by atoms with van der Waals surface area (Å²) in [6.07, 6.45) is -1.18. The highest BCUT2D eigenvalue weighted by molar-refractivity contribution is 6.05. The zero-order chi connectivity index (χ0) is 24.0. The Kier molecular flexibility index (Phi) is 7.02. The molecule has 0 aliphatic heterocycles. The first-order chi connectivity index (χ1) is 15.7. The van der Waals surface area contributed by atoms with Crippen LogP contribution in [-0.2, 0) is 11.2 Å². The number of rotatable bonds is 4. The van der Waals surface area contributed by atoms with Crippen LogP contribution in [0.1, 0.15) is 21.5 Å². The van der Waals surface area contributed by atoms with Gasteiger partial charge in [0, 0.05) is 29.8 Å².